The molecule has 1 atom stereocenters. The van der Waals surface area contributed by atoms with Crippen LogP contribution in [0.3, 0.4) is 0 Å². The highest BCUT2D eigenvalue weighted by Gasteiger charge is 2.47. The van der Waals surface area contributed by atoms with Crippen LogP contribution in [0.5, 0.6) is 0 Å². The number of fused-ring (bicyclic) bond motifs is 1. The summed E-state index contributed by atoms with van der Waals surface area (Å²) in [6, 6.07) is 18.6. The van der Waals surface area contributed by atoms with E-state index in [9.17, 15) is 9.18 Å². The van der Waals surface area contributed by atoms with E-state index in [-0.39, 0.29) is 11.7 Å². The Balaban J connectivity index is 1.84. The Morgan fingerprint density at radius 3 is 2.52 bits per heavy atom. The summed E-state index contributed by atoms with van der Waals surface area (Å²) in [4.78, 5) is 13.1. The monoisotopic (exact) mass is 400 g/mol. The lowest BCUT2D eigenvalue weighted by atomic mass is 9.84. The number of nitrogens with one attached hydrogen (secondary N) is 2. The maximum absolute atomic E-state index is 13.7. The zero-order valence-corrected chi connectivity index (χ0v) is 15.6. The normalized spacial score (nSPS) is 18.1. The predicted molar refractivity (Wildman–Crippen MR) is 107 cm³/mol. The minimum atomic E-state index is -1.11. The van der Waals surface area contributed by atoms with Crippen molar-refractivity contribution in [1.82, 2.24) is 0 Å². The van der Waals surface area contributed by atoms with E-state index >= 15 is 0 Å². The van der Waals surface area contributed by atoms with E-state index in [0.29, 0.717) is 27.8 Å². The van der Waals surface area contributed by atoms with Crippen LogP contribution >= 0.6 is 23.2 Å². The number of anilines is 2. The lowest BCUT2D eigenvalue weighted by Crippen LogP contribution is -2.44. The molecule has 136 valence electrons. The number of carbonyl (C=O) groups excluding carboxylic acids is 1. The molecule has 3 aromatic carbocycles. The topological polar surface area (TPSA) is 41.1 Å². The predicted octanol–water partition coefficient (Wildman–Crippen LogP) is 5.63. The van der Waals surface area contributed by atoms with Crippen molar-refractivity contribution in [3.63, 3.8) is 0 Å². The van der Waals surface area contributed by atoms with E-state index in [1.165, 1.54) is 12.1 Å². The van der Waals surface area contributed by atoms with Crippen molar-refractivity contribution in [1.29, 1.82) is 0 Å². The Bertz CT molecular complexity index is 991. The van der Waals surface area contributed by atoms with Crippen LogP contribution in [0.1, 0.15) is 11.1 Å². The third-order valence-corrected chi connectivity index (χ3v) is 5.09. The van der Waals surface area contributed by atoms with Crippen molar-refractivity contribution >= 4 is 40.5 Å². The van der Waals surface area contributed by atoms with Crippen LogP contribution in [0.15, 0.2) is 66.7 Å². The van der Waals surface area contributed by atoms with Crippen LogP contribution in [-0.4, -0.2) is 5.91 Å². The van der Waals surface area contributed by atoms with Gasteiger partial charge in [0.2, 0.25) is 0 Å². The van der Waals surface area contributed by atoms with Gasteiger partial charge in [-0.3, -0.25) is 4.79 Å². The fraction of sp³-hybridized carbons (Fsp3) is 0.0952. The van der Waals surface area contributed by atoms with Gasteiger partial charge in [-0.25, -0.2) is 4.39 Å². The molecule has 6 heteroatoms. The molecule has 1 aliphatic heterocycles. The van der Waals surface area contributed by atoms with E-state index in [0.717, 1.165) is 11.1 Å². The maximum atomic E-state index is 13.7. The first-order chi connectivity index (χ1) is 13.0. The summed E-state index contributed by atoms with van der Waals surface area (Å²) >= 11 is 12.2. The van der Waals surface area contributed by atoms with Gasteiger partial charge in [-0.15, -0.1) is 0 Å². The largest absolute Gasteiger partial charge is 0.367 e. The van der Waals surface area contributed by atoms with Crippen LogP contribution in [0, 0.1) is 5.82 Å². The van der Waals surface area contributed by atoms with Gasteiger partial charge in [-0.05, 0) is 48.0 Å². The van der Waals surface area contributed by atoms with Crippen molar-refractivity contribution in [3.8, 4) is 0 Å². The molecule has 0 spiro atoms. The van der Waals surface area contributed by atoms with Crippen molar-refractivity contribution in [2.45, 2.75) is 12.0 Å². The van der Waals surface area contributed by atoms with Crippen LogP contribution in [0.25, 0.3) is 0 Å². The number of amides is 1. The molecule has 0 bridgehead atoms. The molecular formula is C21H15Cl2FN2O. The molecule has 0 saturated carbocycles. The second-order valence-corrected chi connectivity index (χ2v) is 7.36. The van der Waals surface area contributed by atoms with Gasteiger partial charge < -0.3 is 10.6 Å². The highest BCUT2D eigenvalue weighted by Crippen LogP contribution is 2.42. The number of halogens is 3. The zero-order valence-electron chi connectivity index (χ0n) is 14.1. The first-order valence-electron chi connectivity index (χ1n) is 8.36. The zero-order chi connectivity index (χ0) is 19.0. The highest BCUT2D eigenvalue weighted by atomic mass is 35.5. The lowest BCUT2D eigenvalue weighted by molar-refractivity contribution is -0.119. The molecule has 3 nitrogen and oxygen atoms in total. The summed E-state index contributed by atoms with van der Waals surface area (Å²) in [5.41, 5.74) is 1.66. The summed E-state index contributed by atoms with van der Waals surface area (Å²) in [7, 11) is 0. The molecule has 3 aromatic rings. The average molecular weight is 401 g/mol. The standard InChI is InChI=1S/C21H15Cl2FN2O/c22-14-4-1-3-13(9-14)12-21(26-17-6-2-5-16(24)11-17)18-8-7-15(23)10-19(18)25-20(21)27/h1-11,26H,12H2,(H,25,27). The van der Waals surface area contributed by atoms with Crippen LogP contribution in [-0.2, 0) is 16.8 Å². The van der Waals surface area contributed by atoms with E-state index < -0.39 is 5.54 Å². The minimum Gasteiger partial charge on any atom is -0.367 e. The van der Waals surface area contributed by atoms with Gasteiger partial charge in [0.1, 0.15) is 11.4 Å². The summed E-state index contributed by atoms with van der Waals surface area (Å²) in [5.74, 6) is -0.614. The van der Waals surface area contributed by atoms with Crippen molar-refractivity contribution in [2.75, 3.05) is 10.6 Å². The number of hydrogen-bond acceptors (Lipinski definition) is 2. The molecule has 1 aliphatic rings. The first-order valence-corrected chi connectivity index (χ1v) is 9.11. The first kappa shape index (κ1) is 17.8. The lowest BCUT2D eigenvalue weighted by Gasteiger charge is -2.30. The van der Waals surface area contributed by atoms with Gasteiger partial charge in [0.05, 0.1) is 0 Å². The molecule has 0 fully saturated rings. The molecular weight excluding hydrogens is 386 g/mol. The summed E-state index contributed by atoms with van der Waals surface area (Å²) in [6.45, 7) is 0. The van der Waals surface area contributed by atoms with E-state index in [1.54, 1.807) is 30.3 Å². The summed E-state index contributed by atoms with van der Waals surface area (Å²) in [6.07, 6.45) is 0.338. The summed E-state index contributed by atoms with van der Waals surface area (Å²) in [5, 5.41) is 7.25. The molecule has 0 saturated heterocycles. The van der Waals surface area contributed by atoms with E-state index in [2.05, 4.69) is 10.6 Å². The fourth-order valence-corrected chi connectivity index (χ4v) is 3.84. The van der Waals surface area contributed by atoms with Crippen molar-refractivity contribution in [3.05, 3.63) is 93.7 Å². The molecule has 0 aromatic heterocycles. The Hall–Kier alpha value is -2.56. The molecule has 2 N–H and O–H groups in total. The van der Waals surface area contributed by atoms with Crippen molar-refractivity contribution < 1.29 is 9.18 Å². The van der Waals surface area contributed by atoms with E-state index in [1.807, 2.05) is 24.3 Å². The highest BCUT2D eigenvalue weighted by molar-refractivity contribution is 6.31. The van der Waals surface area contributed by atoms with Gasteiger partial charge in [0, 0.05) is 33.4 Å². The maximum Gasteiger partial charge on any atom is 0.255 e. The second-order valence-electron chi connectivity index (χ2n) is 6.49. The van der Waals surface area contributed by atoms with Crippen LogP contribution in [0.4, 0.5) is 15.8 Å². The van der Waals surface area contributed by atoms with Gasteiger partial charge in [0.25, 0.3) is 5.91 Å². The second kappa shape index (κ2) is 6.87. The SMILES string of the molecule is O=C1Nc2cc(Cl)ccc2C1(Cc1cccc(Cl)c1)Nc1cccc(F)c1. The average Bonchev–Trinajstić information content (AvgIpc) is 2.86. The summed E-state index contributed by atoms with van der Waals surface area (Å²) < 4.78 is 13.7. The number of rotatable bonds is 4. The quantitative estimate of drug-likeness (QED) is 0.595. The molecule has 1 unspecified atom stereocenters. The molecule has 27 heavy (non-hydrogen) atoms. The van der Waals surface area contributed by atoms with Gasteiger partial charge >= 0.3 is 0 Å². The Labute approximate surface area is 166 Å². The third kappa shape index (κ3) is 3.38. The van der Waals surface area contributed by atoms with Gasteiger partial charge in [-0.1, -0.05) is 47.5 Å². The van der Waals surface area contributed by atoms with Crippen molar-refractivity contribution in [2.24, 2.45) is 0 Å². The number of benzene rings is 3. The van der Waals surface area contributed by atoms with Crippen LogP contribution in [0.2, 0.25) is 10.0 Å². The smallest absolute Gasteiger partial charge is 0.255 e. The molecule has 0 radical (unpaired) electrons. The van der Waals surface area contributed by atoms with E-state index in [4.69, 9.17) is 23.2 Å². The molecule has 0 aliphatic carbocycles. The third-order valence-electron chi connectivity index (χ3n) is 4.62. The number of carbonyl (C=O) groups is 1. The van der Waals surface area contributed by atoms with Gasteiger partial charge in [-0.2, -0.15) is 0 Å². The van der Waals surface area contributed by atoms with Gasteiger partial charge in [0.15, 0.2) is 0 Å². The molecule has 1 amide bonds. The Kier molecular flexibility index (Phi) is 4.54. The molecule has 4 rings (SSSR count). The molecule has 1 heterocycles. The Morgan fingerprint density at radius 2 is 1.74 bits per heavy atom. The number of hydrogen-bond donors (Lipinski definition) is 2. The van der Waals surface area contributed by atoms with Crippen LogP contribution < -0.4 is 10.6 Å². The fourth-order valence-electron chi connectivity index (χ4n) is 3.45. The Morgan fingerprint density at radius 1 is 0.963 bits per heavy atom. The minimum absolute atomic E-state index is 0.232.